The Morgan fingerprint density at radius 3 is 1.24 bits per heavy atom. The largest absolute Gasteiger partial charge is 0.356 e. The van der Waals surface area contributed by atoms with Crippen LogP contribution in [-0.2, 0) is 5.41 Å². The fourth-order valence-electron chi connectivity index (χ4n) is 3.48. The molecule has 2 N–H and O–H groups in total. The zero-order valence-electron chi connectivity index (χ0n) is 16.9. The Kier molecular flexibility index (Phi) is 5.35. The SMILES string of the molecule is CC(C)(c1ccccc1)c1ccc(Nc2ccc(Nc3ccccc3)cc2)cc1. The van der Waals surface area contributed by atoms with Crippen molar-refractivity contribution in [2.45, 2.75) is 19.3 Å². The van der Waals surface area contributed by atoms with Gasteiger partial charge in [-0.25, -0.2) is 0 Å². The summed E-state index contributed by atoms with van der Waals surface area (Å²) >= 11 is 0. The lowest BCUT2D eigenvalue weighted by Gasteiger charge is -2.26. The molecule has 0 fully saturated rings. The van der Waals surface area contributed by atoms with Crippen molar-refractivity contribution in [3.63, 3.8) is 0 Å². The van der Waals surface area contributed by atoms with Crippen molar-refractivity contribution < 1.29 is 0 Å². The molecule has 0 unspecified atom stereocenters. The van der Waals surface area contributed by atoms with Crippen LogP contribution < -0.4 is 10.6 Å². The predicted octanol–water partition coefficient (Wildman–Crippen LogP) is 7.50. The van der Waals surface area contributed by atoms with Crippen LogP contribution in [-0.4, -0.2) is 0 Å². The summed E-state index contributed by atoms with van der Waals surface area (Å²) in [4.78, 5) is 0. The van der Waals surface area contributed by atoms with Gasteiger partial charge in [-0.05, 0) is 59.7 Å². The molecule has 0 saturated carbocycles. The van der Waals surface area contributed by atoms with Gasteiger partial charge in [0.2, 0.25) is 0 Å². The summed E-state index contributed by atoms with van der Waals surface area (Å²) in [6, 6.07) is 37.9. The van der Waals surface area contributed by atoms with Crippen LogP contribution in [0.25, 0.3) is 0 Å². The highest BCUT2D eigenvalue weighted by atomic mass is 14.9. The summed E-state index contributed by atoms with van der Waals surface area (Å²) in [5.74, 6) is 0. The lowest BCUT2D eigenvalue weighted by Crippen LogP contribution is -2.18. The number of rotatable bonds is 6. The molecule has 0 spiro atoms. The van der Waals surface area contributed by atoms with Crippen molar-refractivity contribution in [2.24, 2.45) is 0 Å². The van der Waals surface area contributed by atoms with Crippen LogP contribution in [0.1, 0.15) is 25.0 Å². The molecule has 0 aliphatic rings. The molecular weight excluding hydrogens is 352 g/mol. The maximum atomic E-state index is 3.49. The van der Waals surface area contributed by atoms with Crippen molar-refractivity contribution in [3.8, 4) is 0 Å². The quantitative estimate of drug-likeness (QED) is 0.363. The summed E-state index contributed by atoms with van der Waals surface area (Å²) in [6.07, 6.45) is 0. The first-order chi connectivity index (χ1) is 14.1. The zero-order valence-corrected chi connectivity index (χ0v) is 16.9. The Bertz CT molecular complexity index is 1040. The van der Waals surface area contributed by atoms with Crippen molar-refractivity contribution in [1.82, 2.24) is 0 Å². The number of hydrogen-bond acceptors (Lipinski definition) is 2. The average Bonchev–Trinajstić information content (AvgIpc) is 2.77. The van der Waals surface area contributed by atoms with E-state index in [1.165, 1.54) is 11.1 Å². The lowest BCUT2D eigenvalue weighted by molar-refractivity contribution is 0.641. The van der Waals surface area contributed by atoms with E-state index in [2.05, 4.69) is 115 Å². The van der Waals surface area contributed by atoms with E-state index in [4.69, 9.17) is 0 Å². The third-order valence-electron chi connectivity index (χ3n) is 5.34. The molecule has 4 aromatic rings. The second kappa shape index (κ2) is 8.24. The summed E-state index contributed by atoms with van der Waals surface area (Å²) in [6.45, 7) is 4.53. The highest BCUT2D eigenvalue weighted by Crippen LogP contribution is 2.32. The smallest absolute Gasteiger partial charge is 0.0385 e. The Balaban J connectivity index is 1.44. The standard InChI is InChI=1S/C27H26N2/c1-27(2,21-9-5-3-6-10-21)22-13-15-24(16-14-22)29-26-19-17-25(18-20-26)28-23-11-7-4-8-12-23/h3-20,28-29H,1-2H3. The third-order valence-corrected chi connectivity index (χ3v) is 5.34. The molecule has 0 radical (unpaired) electrons. The molecule has 4 rings (SSSR count). The fraction of sp³-hybridized carbons (Fsp3) is 0.111. The van der Waals surface area contributed by atoms with Gasteiger partial charge in [0.1, 0.15) is 0 Å². The van der Waals surface area contributed by atoms with Gasteiger partial charge in [-0.2, -0.15) is 0 Å². The number of hydrogen-bond donors (Lipinski definition) is 2. The van der Waals surface area contributed by atoms with Crippen molar-refractivity contribution in [3.05, 3.63) is 120 Å². The molecular formula is C27H26N2. The zero-order chi connectivity index (χ0) is 20.1. The van der Waals surface area contributed by atoms with Crippen LogP contribution in [0.2, 0.25) is 0 Å². The molecule has 0 aromatic heterocycles. The second-order valence-electron chi connectivity index (χ2n) is 7.76. The van der Waals surface area contributed by atoms with Gasteiger partial charge < -0.3 is 10.6 Å². The molecule has 0 saturated heterocycles. The number of benzene rings is 4. The van der Waals surface area contributed by atoms with Gasteiger partial charge in [0.25, 0.3) is 0 Å². The first-order valence-electron chi connectivity index (χ1n) is 9.96. The van der Waals surface area contributed by atoms with Gasteiger partial charge in [0.15, 0.2) is 0 Å². The van der Waals surface area contributed by atoms with Gasteiger partial charge in [-0.3, -0.25) is 0 Å². The third kappa shape index (κ3) is 4.49. The predicted molar refractivity (Wildman–Crippen MR) is 124 cm³/mol. The Morgan fingerprint density at radius 2 is 0.759 bits per heavy atom. The second-order valence-corrected chi connectivity index (χ2v) is 7.76. The minimum absolute atomic E-state index is 0.0233. The van der Waals surface area contributed by atoms with Gasteiger partial charge in [-0.15, -0.1) is 0 Å². The molecule has 0 amide bonds. The minimum atomic E-state index is -0.0233. The fourth-order valence-corrected chi connectivity index (χ4v) is 3.48. The average molecular weight is 379 g/mol. The molecule has 2 nitrogen and oxygen atoms in total. The van der Waals surface area contributed by atoms with E-state index in [-0.39, 0.29) is 5.41 Å². The molecule has 0 atom stereocenters. The van der Waals surface area contributed by atoms with Crippen LogP contribution in [0, 0.1) is 0 Å². The summed E-state index contributed by atoms with van der Waals surface area (Å²) in [5, 5.41) is 6.89. The van der Waals surface area contributed by atoms with Crippen LogP contribution in [0.3, 0.4) is 0 Å². The molecule has 0 aliphatic heterocycles. The van der Waals surface area contributed by atoms with E-state index in [0.717, 1.165) is 22.7 Å². The molecule has 4 aromatic carbocycles. The molecule has 0 aliphatic carbocycles. The van der Waals surface area contributed by atoms with Gasteiger partial charge in [-0.1, -0.05) is 74.5 Å². The van der Waals surface area contributed by atoms with Gasteiger partial charge >= 0.3 is 0 Å². The van der Waals surface area contributed by atoms with Crippen molar-refractivity contribution >= 4 is 22.7 Å². The maximum absolute atomic E-state index is 3.49. The Hall–Kier alpha value is -3.52. The van der Waals surface area contributed by atoms with Gasteiger partial charge in [0, 0.05) is 28.2 Å². The van der Waals surface area contributed by atoms with E-state index < -0.39 is 0 Å². The molecule has 29 heavy (non-hydrogen) atoms. The van der Waals surface area contributed by atoms with E-state index in [0.29, 0.717) is 0 Å². The monoisotopic (exact) mass is 378 g/mol. The highest BCUT2D eigenvalue weighted by molar-refractivity contribution is 5.66. The topological polar surface area (TPSA) is 24.1 Å². The van der Waals surface area contributed by atoms with E-state index in [1.54, 1.807) is 0 Å². The normalized spacial score (nSPS) is 11.1. The Labute approximate surface area is 173 Å². The number of anilines is 4. The highest BCUT2D eigenvalue weighted by Gasteiger charge is 2.22. The van der Waals surface area contributed by atoms with Crippen LogP contribution in [0.15, 0.2) is 109 Å². The van der Waals surface area contributed by atoms with Crippen LogP contribution in [0.4, 0.5) is 22.7 Å². The number of nitrogens with one attached hydrogen (secondary N) is 2. The van der Waals surface area contributed by atoms with Crippen LogP contribution >= 0.6 is 0 Å². The van der Waals surface area contributed by atoms with Gasteiger partial charge in [0.05, 0.1) is 0 Å². The summed E-state index contributed by atoms with van der Waals surface area (Å²) in [5.41, 5.74) is 6.91. The summed E-state index contributed by atoms with van der Waals surface area (Å²) in [7, 11) is 0. The molecule has 144 valence electrons. The summed E-state index contributed by atoms with van der Waals surface area (Å²) < 4.78 is 0. The molecule has 0 heterocycles. The van der Waals surface area contributed by atoms with Crippen LogP contribution in [0.5, 0.6) is 0 Å². The molecule has 2 heteroatoms. The van der Waals surface area contributed by atoms with E-state index in [1.807, 2.05) is 18.2 Å². The number of para-hydroxylation sites is 1. The van der Waals surface area contributed by atoms with Crippen molar-refractivity contribution in [2.75, 3.05) is 10.6 Å². The van der Waals surface area contributed by atoms with E-state index >= 15 is 0 Å². The minimum Gasteiger partial charge on any atom is -0.356 e. The van der Waals surface area contributed by atoms with E-state index in [9.17, 15) is 0 Å². The van der Waals surface area contributed by atoms with Crippen molar-refractivity contribution in [1.29, 1.82) is 0 Å². The Morgan fingerprint density at radius 1 is 0.414 bits per heavy atom. The first-order valence-corrected chi connectivity index (χ1v) is 9.96. The maximum Gasteiger partial charge on any atom is 0.0385 e. The lowest BCUT2D eigenvalue weighted by atomic mass is 9.78. The molecule has 0 bridgehead atoms. The first kappa shape index (κ1) is 18.8.